The molecule has 1 amide bonds. The standard InChI is InChI=1S/C22H22N6O2S2/c1-4-16-9-11-18(12-10-16)27(15(2)29)21-23-17(13-31-21)14-32-22-24-25-26-28(22)19-7-5-6-8-20(19)30-3/h5-13H,4,14H2,1-3H3. The van der Waals surface area contributed by atoms with Crippen molar-refractivity contribution in [2.24, 2.45) is 0 Å². The van der Waals surface area contributed by atoms with E-state index < -0.39 is 0 Å². The second-order valence-electron chi connectivity index (χ2n) is 6.83. The van der Waals surface area contributed by atoms with Crippen LogP contribution in [0.1, 0.15) is 25.1 Å². The van der Waals surface area contributed by atoms with Gasteiger partial charge < -0.3 is 4.74 Å². The average Bonchev–Trinajstić information content (AvgIpc) is 3.47. The number of aromatic nitrogens is 5. The number of ether oxygens (including phenoxy) is 1. The van der Waals surface area contributed by atoms with Crippen molar-refractivity contribution in [3.63, 3.8) is 0 Å². The zero-order chi connectivity index (χ0) is 22.5. The number of benzene rings is 2. The van der Waals surface area contributed by atoms with Crippen molar-refractivity contribution in [2.75, 3.05) is 12.0 Å². The molecule has 2 heterocycles. The van der Waals surface area contributed by atoms with Gasteiger partial charge in [0.2, 0.25) is 11.1 Å². The molecule has 32 heavy (non-hydrogen) atoms. The molecule has 0 fully saturated rings. The SMILES string of the molecule is CCc1ccc(N(C(C)=O)c2nc(CSc3nnnn3-c3ccccc3OC)cs2)cc1. The zero-order valence-electron chi connectivity index (χ0n) is 17.9. The first kappa shape index (κ1) is 22.0. The van der Waals surface area contributed by atoms with Gasteiger partial charge in [-0.2, -0.15) is 4.68 Å². The van der Waals surface area contributed by atoms with Crippen molar-refractivity contribution in [1.29, 1.82) is 0 Å². The Labute approximate surface area is 194 Å². The molecule has 10 heteroatoms. The van der Waals surface area contributed by atoms with Gasteiger partial charge in [0.25, 0.3) is 0 Å². The Balaban J connectivity index is 1.51. The molecule has 2 aromatic heterocycles. The fourth-order valence-electron chi connectivity index (χ4n) is 3.14. The summed E-state index contributed by atoms with van der Waals surface area (Å²) in [5.41, 5.74) is 3.64. The molecule has 2 aromatic carbocycles. The summed E-state index contributed by atoms with van der Waals surface area (Å²) in [5.74, 6) is 1.17. The van der Waals surface area contributed by atoms with Crippen LogP contribution in [-0.4, -0.2) is 38.2 Å². The number of anilines is 2. The highest BCUT2D eigenvalue weighted by molar-refractivity contribution is 7.98. The predicted octanol–water partition coefficient (Wildman–Crippen LogP) is 4.67. The van der Waals surface area contributed by atoms with Crippen molar-refractivity contribution in [1.82, 2.24) is 25.2 Å². The number of hydrogen-bond acceptors (Lipinski definition) is 8. The molecule has 0 saturated heterocycles. The van der Waals surface area contributed by atoms with E-state index in [1.165, 1.54) is 28.7 Å². The summed E-state index contributed by atoms with van der Waals surface area (Å²) >= 11 is 2.90. The number of thioether (sulfide) groups is 1. The number of thiazole rings is 1. The summed E-state index contributed by atoms with van der Waals surface area (Å²) < 4.78 is 7.07. The average molecular weight is 467 g/mol. The first-order valence-corrected chi connectivity index (χ1v) is 11.9. The number of carbonyl (C=O) groups is 1. The lowest BCUT2D eigenvalue weighted by molar-refractivity contribution is -0.115. The Kier molecular flexibility index (Phi) is 6.81. The largest absolute Gasteiger partial charge is 0.494 e. The summed E-state index contributed by atoms with van der Waals surface area (Å²) in [7, 11) is 1.61. The maximum atomic E-state index is 12.4. The lowest BCUT2D eigenvalue weighted by atomic mass is 10.1. The molecule has 0 spiro atoms. The van der Waals surface area contributed by atoms with Gasteiger partial charge in [0.1, 0.15) is 11.4 Å². The van der Waals surface area contributed by atoms with E-state index in [9.17, 15) is 4.79 Å². The molecule has 8 nitrogen and oxygen atoms in total. The van der Waals surface area contributed by atoms with E-state index in [4.69, 9.17) is 4.74 Å². The molecular formula is C22H22N6O2S2. The van der Waals surface area contributed by atoms with Crippen LogP contribution in [-0.2, 0) is 17.0 Å². The Morgan fingerprint density at radius 2 is 1.97 bits per heavy atom. The van der Waals surface area contributed by atoms with Gasteiger partial charge in [0.05, 0.1) is 18.5 Å². The molecule has 164 valence electrons. The first-order chi connectivity index (χ1) is 15.6. The second kappa shape index (κ2) is 9.92. The third-order valence-electron chi connectivity index (χ3n) is 4.75. The van der Waals surface area contributed by atoms with Gasteiger partial charge in [-0.05, 0) is 46.7 Å². The van der Waals surface area contributed by atoms with Gasteiger partial charge >= 0.3 is 0 Å². The summed E-state index contributed by atoms with van der Waals surface area (Å²) in [4.78, 5) is 18.7. The van der Waals surface area contributed by atoms with Crippen molar-refractivity contribution in [2.45, 2.75) is 31.2 Å². The Morgan fingerprint density at radius 3 is 2.69 bits per heavy atom. The van der Waals surface area contributed by atoms with Crippen LogP contribution in [0.2, 0.25) is 0 Å². The first-order valence-electron chi connectivity index (χ1n) is 9.99. The fourth-order valence-corrected chi connectivity index (χ4v) is 4.90. The number of carbonyl (C=O) groups excluding carboxylic acids is 1. The van der Waals surface area contributed by atoms with Crippen LogP contribution in [0.15, 0.2) is 59.1 Å². The van der Waals surface area contributed by atoms with E-state index in [-0.39, 0.29) is 5.91 Å². The van der Waals surface area contributed by atoms with Crippen molar-refractivity contribution in [3.8, 4) is 11.4 Å². The molecule has 0 aliphatic carbocycles. The molecule has 0 bridgehead atoms. The fraction of sp³-hybridized carbons (Fsp3) is 0.227. The molecule has 0 saturated carbocycles. The number of methoxy groups -OCH3 is 1. The molecule has 4 rings (SSSR count). The van der Waals surface area contributed by atoms with E-state index >= 15 is 0 Å². The van der Waals surface area contributed by atoms with Crippen LogP contribution in [0.5, 0.6) is 5.75 Å². The van der Waals surface area contributed by atoms with E-state index in [1.807, 2.05) is 53.9 Å². The van der Waals surface area contributed by atoms with Gasteiger partial charge in [0.15, 0.2) is 5.13 Å². The predicted molar refractivity (Wildman–Crippen MR) is 126 cm³/mol. The third kappa shape index (κ3) is 4.66. The maximum absolute atomic E-state index is 12.4. The van der Waals surface area contributed by atoms with Crippen LogP contribution < -0.4 is 9.64 Å². The Hall–Kier alpha value is -3.24. The maximum Gasteiger partial charge on any atom is 0.230 e. The number of rotatable bonds is 8. The van der Waals surface area contributed by atoms with Gasteiger partial charge in [0, 0.05) is 18.1 Å². The highest BCUT2D eigenvalue weighted by Gasteiger charge is 2.19. The molecule has 0 aliphatic heterocycles. The summed E-state index contributed by atoms with van der Waals surface area (Å²) in [6.45, 7) is 3.65. The number of tetrazole rings is 1. The van der Waals surface area contributed by atoms with Gasteiger partial charge in [-0.15, -0.1) is 16.4 Å². The summed E-state index contributed by atoms with van der Waals surface area (Å²) in [6.07, 6.45) is 0.952. The van der Waals surface area contributed by atoms with Gasteiger partial charge in [-0.25, -0.2) is 4.98 Å². The molecule has 0 radical (unpaired) electrons. The lowest BCUT2D eigenvalue weighted by Crippen LogP contribution is -2.22. The summed E-state index contributed by atoms with van der Waals surface area (Å²) in [5, 5.41) is 15.3. The summed E-state index contributed by atoms with van der Waals surface area (Å²) in [6, 6.07) is 15.5. The van der Waals surface area contributed by atoms with Crippen LogP contribution in [0.4, 0.5) is 10.8 Å². The minimum absolute atomic E-state index is 0.0806. The zero-order valence-corrected chi connectivity index (χ0v) is 19.6. The normalized spacial score (nSPS) is 10.8. The van der Waals surface area contributed by atoms with Gasteiger partial charge in [-0.3, -0.25) is 9.69 Å². The van der Waals surface area contributed by atoms with E-state index in [0.29, 0.717) is 21.8 Å². The topological polar surface area (TPSA) is 86.0 Å². The third-order valence-corrected chi connectivity index (χ3v) is 6.58. The number of aryl methyl sites for hydroxylation is 1. The molecule has 0 aliphatic rings. The second-order valence-corrected chi connectivity index (χ2v) is 8.61. The molecule has 4 aromatic rings. The van der Waals surface area contributed by atoms with Crippen molar-refractivity contribution >= 4 is 39.8 Å². The number of hydrogen-bond donors (Lipinski definition) is 0. The quantitative estimate of drug-likeness (QED) is 0.349. The molecule has 0 N–H and O–H groups in total. The van der Waals surface area contributed by atoms with Crippen LogP contribution in [0.3, 0.4) is 0 Å². The van der Waals surface area contributed by atoms with Crippen LogP contribution >= 0.6 is 23.1 Å². The highest BCUT2D eigenvalue weighted by atomic mass is 32.2. The molecule has 0 unspecified atom stereocenters. The molecule has 0 atom stereocenters. The van der Waals surface area contributed by atoms with E-state index in [2.05, 4.69) is 27.4 Å². The highest BCUT2D eigenvalue weighted by Crippen LogP contribution is 2.32. The minimum Gasteiger partial charge on any atom is -0.494 e. The number of para-hydroxylation sites is 2. The van der Waals surface area contributed by atoms with E-state index in [0.717, 1.165) is 23.5 Å². The minimum atomic E-state index is -0.0806. The van der Waals surface area contributed by atoms with Crippen molar-refractivity contribution in [3.05, 3.63) is 65.2 Å². The number of nitrogens with zero attached hydrogens (tertiary/aromatic N) is 6. The smallest absolute Gasteiger partial charge is 0.230 e. The van der Waals surface area contributed by atoms with Crippen LogP contribution in [0.25, 0.3) is 5.69 Å². The van der Waals surface area contributed by atoms with Crippen molar-refractivity contribution < 1.29 is 9.53 Å². The van der Waals surface area contributed by atoms with Crippen LogP contribution in [0, 0.1) is 0 Å². The Morgan fingerprint density at radius 1 is 1.19 bits per heavy atom. The number of amides is 1. The molecular weight excluding hydrogens is 444 g/mol. The monoisotopic (exact) mass is 466 g/mol. The Bertz CT molecular complexity index is 1210. The lowest BCUT2D eigenvalue weighted by Gasteiger charge is -2.18. The van der Waals surface area contributed by atoms with E-state index in [1.54, 1.807) is 23.6 Å². The van der Waals surface area contributed by atoms with Gasteiger partial charge in [-0.1, -0.05) is 43.0 Å².